The zero-order valence-corrected chi connectivity index (χ0v) is 15.1. The number of nitrogens with zero attached hydrogens (tertiary/aromatic N) is 4. The number of thioether (sulfide) groups is 1. The van der Waals surface area contributed by atoms with E-state index in [2.05, 4.69) is 21.3 Å². The first-order valence-corrected chi connectivity index (χ1v) is 9.42. The van der Waals surface area contributed by atoms with Gasteiger partial charge in [0.25, 0.3) is 0 Å². The first kappa shape index (κ1) is 17.5. The van der Waals surface area contributed by atoms with Gasteiger partial charge in [0.1, 0.15) is 5.54 Å². The van der Waals surface area contributed by atoms with E-state index in [0.717, 1.165) is 37.7 Å². The van der Waals surface area contributed by atoms with Crippen LogP contribution >= 0.6 is 11.8 Å². The fraction of sp³-hybridized carbons (Fsp3) is 0.444. The molecule has 0 bridgehead atoms. The van der Waals surface area contributed by atoms with Crippen molar-refractivity contribution in [1.82, 2.24) is 20.1 Å². The van der Waals surface area contributed by atoms with E-state index < -0.39 is 5.54 Å². The number of amides is 1. The smallest absolute Gasteiger partial charge is 0.234 e. The number of carbonyl (C=O) groups excluding carboxylic acids is 1. The van der Waals surface area contributed by atoms with Crippen molar-refractivity contribution in [2.24, 2.45) is 0 Å². The van der Waals surface area contributed by atoms with Gasteiger partial charge in [-0.25, -0.2) is 4.98 Å². The van der Waals surface area contributed by atoms with Gasteiger partial charge in [-0.15, -0.1) is 5.10 Å². The van der Waals surface area contributed by atoms with E-state index in [4.69, 9.17) is 0 Å². The Kier molecular flexibility index (Phi) is 5.39. The molecule has 0 aliphatic heterocycles. The van der Waals surface area contributed by atoms with E-state index in [0.29, 0.717) is 11.0 Å². The lowest BCUT2D eigenvalue weighted by Gasteiger charge is -2.38. The van der Waals surface area contributed by atoms with Crippen molar-refractivity contribution in [3.05, 3.63) is 30.3 Å². The summed E-state index contributed by atoms with van der Waals surface area (Å²) in [5, 5.41) is 17.2. The molecule has 6 nitrogen and oxygen atoms in total. The predicted octanol–water partition coefficient (Wildman–Crippen LogP) is 3.25. The van der Waals surface area contributed by atoms with Gasteiger partial charge >= 0.3 is 0 Å². The van der Waals surface area contributed by atoms with Crippen molar-refractivity contribution in [3.8, 4) is 17.5 Å². The molecule has 25 heavy (non-hydrogen) atoms. The number of hydrogen-bond donors (Lipinski definition) is 1. The SMILES string of the molecule is CN(C(=O)CSc1n[nH]c(-c2ccccc2)n1)C1(C#N)CCCCC1. The molecule has 1 aromatic heterocycles. The van der Waals surface area contributed by atoms with Gasteiger partial charge in [0.05, 0.1) is 11.8 Å². The van der Waals surface area contributed by atoms with E-state index in [1.165, 1.54) is 11.8 Å². The molecule has 0 unspecified atom stereocenters. The summed E-state index contributed by atoms with van der Waals surface area (Å²) < 4.78 is 0. The van der Waals surface area contributed by atoms with Crippen molar-refractivity contribution in [2.75, 3.05) is 12.8 Å². The largest absolute Gasteiger partial charge is 0.326 e. The third kappa shape index (κ3) is 3.85. The molecule has 0 saturated heterocycles. The van der Waals surface area contributed by atoms with Crippen LogP contribution in [0.5, 0.6) is 0 Å². The average Bonchev–Trinajstić information content (AvgIpc) is 3.16. The Hall–Kier alpha value is -2.33. The Bertz CT molecular complexity index is 761. The van der Waals surface area contributed by atoms with Crippen LogP contribution in [0.15, 0.2) is 35.5 Å². The lowest BCUT2D eigenvalue weighted by molar-refractivity contribution is -0.131. The molecule has 7 heteroatoms. The number of benzene rings is 1. The van der Waals surface area contributed by atoms with Crippen LogP contribution in [0.3, 0.4) is 0 Å². The summed E-state index contributed by atoms with van der Waals surface area (Å²) in [7, 11) is 1.74. The van der Waals surface area contributed by atoms with Crippen LogP contribution in [0.4, 0.5) is 0 Å². The van der Waals surface area contributed by atoms with Crippen LogP contribution in [0, 0.1) is 11.3 Å². The highest BCUT2D eigenvalue weighted by molar-refractivity contribution is 7.99. The van der Waals surface area contributed by atoms with Gasteiger partial charge in [0, 0.05) is 12.6 Å². The topological polar surface area (TPSA) is 85.7 Å². The van der Waals surface area contributed by atoms with Crippen molar-refractivity contribution >= 4 is 17.7 Å². The Labute approximate surface area is 151 Å². The number of nitriles is 1. The van der Waals surface area contributed by atoms with E-state index >= 15 is 0 Å². The Morgan fingerprint density at radius 1 is 1.32 bits per heavy atom. The van der Waals surface area contributed by atoms with Gasteiger partial charge < -0.3 is 4.90 Å². The van der Waals surface area contributed by atoms with Crippen molar-refractivity contribution in [3.63, 3.8) is 0 Å². The molecule has 1 N–H and O–H groups in total. The van der Waals surface area contributed by atoms with Crippen LogP contribution in [-0.4, -0.2) is 44.3 Å². The molecule has 1 aromatic carbocycles. The molecular formula is C18H21N5OS. The van der Waals surface area contributed by atoms with Crippen LogP contribution in [0.1, 0.15) is 32.1 Å². The minimum atomic E-state index is -0.649. The van der Waals surface area contributed by atoms with Crippen LogP contribution in [0.2, 0.25) is 0 Å². The quantitative estimate of drug-likeness (QED) is 0.832. The second kappa shape index (κ2) is 7.70. The standard InChI is InChI=1S/C18H21N5OS/c1-23(18(13-19)10-6-3-7-11-18)15(24)12-25-17-20-16(21-22-17)14-8-4-2-5-9-14/h2,4-5,8-9H,3,6-7,10-12H2,1H3,(H,20,21,22). The van der Waals surface area contributed by atoms with Crippen molar-refractivity contribution in [2.45, 2.75) is 42.8 Å². The van der Waals surface area contributed by atoms with Crippen LogP contribution < -0.4 is 0 Å². The highest BCUT2D eigenvalue weighted by Gasteiger charge is 2.38. The third-order valence-electron chi connectivity index (χ3n) is 4.74. The maximum Gasteiger partial charge on any atom is 0.234 e. The maximum atomic E-state index is 12.5. The summed E-state index contributed by atoms with van der Waals surface area (Å²) in [5.74, 6) is 0.857. The minimum absolute atomic E-state index is 0.0560. The van der Waals surface area contributed by atoms with E-state index in [9.17, 15) is 10.1 Å². The Morgan fingerprint density at radius 2 is 2.04 bits per heavy atom. The molecule has 0 spiro atoms. The molecule has 0 atom stereocenters. The van der Waals surface area contributed by atoms with Gasteiger partial charge in [-0.05, 0) is 12.8 Å². The zero-order chi connectivity index (χ0) is 17.7. The fourth-order valence-electron chi connectivity index (χ4n) is 3.16. The van der Waals surface area contributed by atoms with Gasteiger partial charge in [0.15, 0.2) is 5.82 Å². The highest BCUT2D eigenvalue weighted by Crippen LogP contribution is 2.33. The Balaban J connectivity index is 1.61. The number of H-pyrrole nitrogens is 1. The second-order valence-corrected chi connectivity index (χ2v) is 7.22. The second-order valence-electron chi connectivity index (χ2n) is 6.28. The summed E-state index contributed by atoms with van der Waals surface area (Å²) in [6, 6.07) is 12.1. The molecule has 1 saturated carbocycles. The average molecular weight is 355 g/mol. The lowest BCUT2D eigenvalue weighted by Crippen LogP contribution is -2.50. The third-order valence-corrected chi connectivity index (χ3v) is 5.57. The summed E-state index contributed by atoms with van der Waals surface area (Å²) in [5.41, 5.74) is 0.306. The van der Waals surface area contributed by atoms with Crippen molar-refractivity contribution < 1.29 is 4.79 Å². The highest BCUT2D eigenvalue weighted by atomic mass is 32.2. The maximum absolute atomic E-state index is 12.5. The molecule has 1 heterocycles. The fourth-order valence-corrected chi connectivity index (χ4v) is 3.87. The number of nitrogens with one attached hydrogen (secondary N) is 1. The summed E-state index contributed by atoms with van der Waals surface area (Å²) in [6.45, 7) is 0. The summed E-state index contributed by atoms with van der Waals surface area (Å²) in [6.07, 6.45) is 4.66. The molecule has 2 aromatic rings. The molecule has 1 aliphatic carbocycles. The van der Waals surface area contributed by atoms with Crippen LogP contribution in [0.25, 0.3) is 11.4 Å². The van der Waals surface area contributed by atoms with Crippen LogP contribution in [-0.2, 0) is 4.79 Å². The predicted molar refractivity (Wildman–Crippen MR) is 96.7 cm³/mol. The summed E-state index contributed by atoms with van der Waals surface area (Å²) in [4.78, 5) is 18.6. The first-order valence-electron chi connectivity index (χ1n) is 8.43. The van der Waals surface area contributed by atoms with E-state index in [1.807, 2.05) is 30.3 Å². The zero-order valence-electron chi connectivity index (χ0n) is 14.2. The van der Waals surface area contributed by atoms with Gasteiger partial charge in [0.2, 0.25) is 11.1 Å². The normalized spacial score (nSPS) is 16.2. The number of aromatic amines is 1. The number of rotatable bonds is 5. The summed E-state index contributed by atoms with van der Waals surface area (Å²) >= 11 is 1.29. The van der Waals surface area contributed by atoms with Crippen molar-refractivity contribution in [1.29, 1.82) is 5.26 Å². The molecule has 1 amide bonds. The molecule has 3 rings (SSSR count). The minimum Gasteiger partial charge on any atom is -0.326 e. The number of carbonyl (C=O) groups is 1. The number of aromatic nitrogens is 3. The molecular weight excluding hydrogens is 334 g/mol. The Morgan fingerprint density at radius 3 is 2.72 bits per heavy atom. The molecule has 1 fully saturated rings. The molecule has 1 aliphatic rings. The van der Waals surface area contributed by atoms with Gasteiger partial charge in [-0.3, -0.25) is 9.89 Å². The first-order chi connectivity index (χ1) is 12.1. The van der Waals surface area contributed by atoms with E-state index in [-0.39, 0.29) is 11.7 Å². The van der Waals surface area contributed by atoms with E-state index in [1.54, 1.807) is 11.9 Å². The molecule has 0 radical (unpaired) electrons. The van der Waals surface area contributed by atoms with Gasteiger partial charge in [-0.2, -0.15) is 5.26 Å². The number of hydrogen-bond acceptors (Lipinski definition) is 5. The molecule has 130 valence electrons. The monoisotopic (exact) mass is 355 g/mol. The lowest BCUT2D eigenvalue weighted by atomic mass is 9.81. The van der Waals surface area contributed by atoms with Gasteiger partial charge in [-0.1, -0.05) is 61.4 Å².